The van der Waals surface area contributed by atoms with Gasteiger partial charge in [0.2, 0.25) is 0 Å². The van der Waals surface area contributed by atoms with Crippen molar-refractivity contribution in [2.75, 3.05) is 26.8 Å². The number of alkyl halides is 3. The Kier molecular flexibility index (Phi) is 7.47. The van der Waals surface area contributed by atoms with E-state index in [1.807, 2.05) is 6.92 Å². The second kappa shape index (κ2) is 8.85. The molecule has 0 aliphatic rings. The molecule has 1 N–H and O–H groups in total. The summed E-state index contributed by atoms with van der Waals surface area (Å²) < 4.78 is 42.3. The van der Waals surface area contributed by atoms with Crippen molar-refractivity contribution >= 4 is 0 Å². The lowest BCUT2D eigenvalue weighted by molar-refractivity contribution is -0.137. The van der Waals surface area contributed by atoms with Crippen LogP contribution in [-0.4, -0.2) is 26.8 Å². The molecule has 0 spiro atoms. The van der Waals surface area contributed by atoms with Crippen LogP contribution < -0.4 is 5.32 Å². The lowest BCUT2D eigenvalue weighted by atomic mass is 10.0. The molecule has 0 aliphatic carbocycles. The van der Waals surface area contributed by atoms with E-state index in [1.54, 1.807) is 7.11 Å². The first-order valence-corrected chi connectivity index (χ1v) is 6.95. The van der Waals surface area contributed by atoms with Gasteiger partial charge in [0.25, 0.3) is 0 Å². The van der Waals surface area contributed by atoms with E-state index < -0.39 is 11.7 Å². The summed E-state index contributed by atoms with van der Waals surface area (Å²) in [6.07, 6.45) is -0.582. The van der Waals surface area contributed by atoms with Crippen LogP contribution in [-0.2, 0) is 17.3 Å². The fraction of sp³-hybridized carbons (Fsp3) is 0.500. The Morgan fingerprint density at radius 1 is 1.19 bits per heavy atom. The number of hydrogen-bond donors (Lipinski definition) is 1. The monoisotopic (exact) mass is 301 g/mol. The van der Waals surface area contributed by atoms with E-state index in [-0.39, 0.29) is 0 Å². The van der Waals surface area contributed by atoms with Gasteiger partial charge in [-0.1, -0.05) is 23.8 Å². The Bertz CT molecular complexity index is 438. The second-order valence-electron chi connectivity index (χ2n) is 4.95. The molecule has 118 valence electrons. The van der Waals surface area contributed by atoms with Gasteiger partial charge in [0, 0.05) is 13.7 Å². The predicted octanol–water partition coefficient (Wildman–Crippen LogP) is 3.82. The highest BCUT2D eigenvalue weighted by Crippen LogP contribution is 2.29. The Hall–Kier alpha value is -1.33. The van der Waals surface area contributed by atoms with Crippen LogP contribution in [0.4, 0.5) is 13.2 Å². The Morgan fingerprint density at radius 2 is 1.86 bits per heavy atom. The van der Waals surface area contributed by atoms with Crippen molar-refractivity contribution < 1.29 is 17.9 Å². The highest BCUT2D eigenvalue weighted by molar-refractivity contribution is 5.27. The molecule has 1 aromatic carbocycles. The number of hydrogen-bond acceptors (Lipinski definition) is 2. The van der Waals surface area contributed by atoms with Crippen LogP contribution >= 0.6 is 0 Å². The summed E-state index contributed by atoms with van der Waals surface area (Å²) in [5.74, 6) is 0. The molecule has 0 unspecified atom stereocenters. The molecule has 0 fully saturated rings. The van der Waals surface area contributed by atoms with Crippen LogP contribution in [0.25, 0.3) is 0 Å². The maximum Gasteiger partial charge on any atom is 0.416 e. The number of halogens is 3. The lowest BCUT2D eigenvalue weighted by Gasteiger charge is -2.08. The van der Waals surface area contributed by atoms with E-state index in [0.717, 1.165) is 42.8 Å². The predicted molar refractivity (Wildman–Crippen MR) is 78.3 cm³/mol. The van der Waals surface area contributed by atoms with Crippen molar-refractivity contribution in [2.24, 2.45) is 0 Å². The van der Waals surface area contributed by atoms with Crippen molar-refractivity contribution in [1.29, 1.82) is 0 Å². The molecule has 5 heteroatoms. The summed E-state index contributed by atoms with van der Waals surface area (Å²) >= 11 is 0. The molecule has 2 nitrogen and oxygen atoms in total. The summed E-state index contributed by atoms with van der Waals surface area (Å²) in [4.78, 5) is 0. The molecule has 0 saturated heterocycles. The van der Waals surface area contributed by atoms with Crippen molar-refractivity contribution in [3.63, 3.8) is 0 Å². The molecule has 0 saturated carbocycles. The van der Waals surface area contributed by atoms with Gasteiger partial charge >= 0.3 is 6.18 Å². The van der Waals surface area contributed by atoms with Gasteiger partial charge < -0.3 is 10.1 Å². The smallest absolute Gasteiger partial charge is 0.383 e. The zero-order valence-corrected chi connectivity index (χ0v) is 12.5. The van der Waals surface area contributed by atoms with Crippen molar-refractivity contribution in [3.05, 3.63) is 47.0 Å². The highest BCUT2D eigenvalue weighted by Gasteiger charge is 2.29. The van der Waals surface area contributed by atoms with Crippen LogP contribution in [0.5, 0.6) is 0 Å². The molecule has 0 aliphatic heterocycles. The van der Waals surface area contributed by atoms with Gasteiger partial charge in [-0.05, 0) is 44.0 Å². The minimum absolute atomic E-state index is 0.602. The molecule has 1 aromatic rings. The van der Waals surface area contributed by atoms with Crippen LogP contribution in [0, 0.1) is 0 Å². The molecule has 1 rings (SSSR count). The van der Waals surface area contributed by atoms with Crippen molar-refractivity contribution in [2.45, 2.75) is 25.9 Å². The fourth-order valence-electron chi connectivity index (χ4n) is 1.93. The van der Waals surface area contributed by atoms with E-state index in [2.05, 4.69) is 11.4 Å². The SMILES string of the molecule is COCCNCCC=C(C)Cc1ccc(C(F)(F)F)cc1. The normalized spacial score (nSPS) is 12.7. The molecule has 0 radical (unpaired) electrons. The van der Waals surface area contributed by atoms with Crippen LogP contribution in [0.2, 0.25) is 0 Å². The fourth-order valence-corrected chi connectivity index (χ4v) is 1.93. The number of benzene rings is 1. The third-order valence-corrected chi connectivity index (χ3v) is 3.06. The summed E-state index contributed by atoms with van der Waals surface area (Å²) in [5, 5.41) is 3.24. The standard InChI is InChI=1S/C16H22F3NO/c1-13(4-3-9-20-10-11-21-2)12-14-5-7-15(8-6-14)16(17,18)19/h4-8,20H,3,9-12H2,1-2H3. The lowest BCUT2D eigenvalue weighted by Crippen LogP contribution is -2.19. The van der Waals surface area contributed by atoms with E-state index in [1.165, 1.54) is 12.1 Å². The molecule has 0 amide bonds. The summed E-state index contributed by atoms with van der Waals surface area (Å²) in [6.45, 7) is 4.37. The molecule has 21 heavy (non-hydrogen) atoms. The molecule has 0 bridgehead atoms. The largest absolute Gasteiger partial charge is 0.416 e. The zero-order chi connectivity index (χ0) is 15.7. The van der Waals surface area contributed by atoms with Gasteiger partial charge in [0.05, 0.1) is 12.2 Å². The van der Waals surface area contributed by atoms with E-state index in [9.17, 15) is 13.2 Å². The van der Waals surface area contributed by atoms with Gasteiger partial charge in [-0.25, -0.2) is 0 Å². The summed E-state index contributed by atoms with van der Waals surface area (Å²) in [5.41, 5.74) is 1.45. The van der Waals surface area contributed by atoms with Crippen LogP contribution in [0.3, 0.4) is 0 Å². The first-order valence-electron chi connectivity index (χ1n) is 6.95. The van der Waals surface area contributed by atoms with E-state index >= 15 is 0 Å². The summed E-state index contributed by atoms with van der Waals surface area (Å²) in [6, 6.07) is 5.35. The molecule has 0 heterocycles. The number of rotatable bonds is 8. The van der Waals surface area contributed by atoms with Crippen LogP contribution in [0.15, 0.2) is 35.9 Å². The second-order valence-corrected chi connectivity index (χ2v) is 4.95. The Morgan fingerprint density at radius 3 is 2.43 bits per heavy atom. The average Bonchev–Trinajstić information content (AvgIpc) is 2.42. The maximum absolute atomic E-state index is 12.4. The molecule has 0 atom stereocenters. The average molecular weight is 301 g/mol. The third kappa shape index (κ3) is 7.29. The zero-order valence-electron chi connectivity index (χ0n) is 12.5. The number of nitrogens with one attached hydrogen (secondary N) is 1. The van der Waals surface area contributed by atoms with E-state index in [4.69, 9.17) is 4.74 Å². The molecular formula is C16H22F3NO. The summed E-state index contributed by atoms with van der Waals surface area (Å²) in [7, 11) is 1.66. The number of methoxy groups -OCH3 is 1. The maximum atomic E-state index is 12.4. The van der Waals surface area contributed by atoms with Gasteiger partial charge in [-0.15, -0.1) is 0 Å². The van der Waals surface area contributed by atoms with Gasteiger partial charge in [-0.3, -0.25) is 0 Å². The Balaban J connectivity index is 2.38. The third-order valence-electron chi connectivity index (χ3n) is 3.06. The van der Waals surface area contributed by atoms with E-state index in [0.29, 0.717) is 13.0 Å². The number of ether oxygens (including phenoxy) is 1. The van der Waals surface area contributed by atoms with Crippen molar-refractivity contribution in [1.82, 2.24) is 5.32 Å². The first-order chi connectivity index (χ1) is 9.93. The van der Waals surface area contributed by atoms with Crippen LogP contribution in [0.1, 0.15) is 24.5 Å². The number of allylic oxidation sites excluding steroid dienone is 1. The molecule has 0 aromatic heterocycles. The highest BCUT2D eigenvalue weighted by atomic mass is 19.4. The Labute approximate surface area is 124 Å². The minimum Gasteiger partial charge on any atom is -0.383 e. The first kappa shape index (κ1) is 17.7. The van der Waals surface area contributed by atoms with Crippen molar-refractivity contribution in [3.8, 4) is 0 Å². The topological polar surface area (TPSA) is 21.3 Å². The minimum atomic E-state index is -4.27. The quantitative estimate of drug-likeness (QED) is 0.582. The van der Waals surface area contributed by atoms with Gasteiger partial charge in [0.15, 0.2) is 0 Å². The molecular weight excluding hydrogens is 279 g/mol. The van der Waals surface area contributed by atoms with Gasteiger partial charge in [0.1, 0.15) is 0 Å². The van der Waals surface area contributed by atoms with Gasteiger partial charge in [-0.2, -0.15) is 13.2 Å².